The third-order valence-electron chi connectivity index (χ3n) is 20.7. The lowest BCUT2D eigenvalue weighted by molar-refractivity contribution is -0.195. The first kappa shape index (κ1) is 85.1. The molecule has 28 nitrogen and oxygen atoms in total. The standard InChI is InChI=1S/C42H43IN6O6.C40H42N6O5.C6H6INO4/c43-25-38(50)44-16-19-54-20-21-55-27-39(51)46-32-11-10-31-22-40(52)49(37(31)23-32)33-13-17-48(18-14-33)26-28-6-8-30(9-7-28)41-34(29-4-2-1-3-5-29)24-35-36(47-41)12-15-45-42(35)53;41-15-19-50-20-21-51-26-37(47)43-31-11-10-30-22-38(48)46(36(30)23-31)32-13-17-45(18-14-32)25-27-6-8-29(9-7-27)39-33(28-4-2-1-3-5-28)24-34-35(44-39)12-16-42-40(34)49;7-3-6(11)12-8-4(9)1-2-5(8)10/h1-12,15,23-24,33H,13-14,16-22,25-27H2,(H,44,50)(H,45,53)(H,46,51);1-12,16,23-24,32H,13-15,17-22,25-26,41H2,(H,42,49)(H,43,47);1-3H2. The molecule has 10 aromatic rings. The molecule has 0 saturated carbocycles. The van der Waals surface area contributed by atoms with Crippen molar-refractivity contribution in [2.45, 2.75) is 76.5 Å². The van der Waals surface area contributed by atoms with Gasteiger partial charge < -0.3 is 65.2 Å². The summed E-state index contributed by atoms with van der Waals surface area (Å²) in [6, 6.07) is 56.1. The predicted molar refractivity (Wildman–Crippen MR) is 466 cm³/mol. The number of nitrogens with one attached hydrogen (secondary N) is 5. The monoisotopic (exact) mass is 1820 g/mol. The molecule has 7 amide bonds. The zero-order chi connectivity index (χ0) is 82.4. The molecule has 118 heavy (non-hydrogen) atoms. The minimum Gasteiger partial charge on any atom is -0.378 e. The Morgan fingerprint density at radius 2 is 0.898 bits per heavy atom. The van der Waals surface area contributed by atoms with Crippen molar-refractivity contribution in [1.82, 2.24) is 40.1 Å². The Labute approximate surface area is 708 Å². The van der Waals surface area contributed by atoms with E-state index >= 15 is 0 Å². The van der Waals surface area contributed by atoms with Crippen LogP contribution in [-0.2, 0) is 88.1 Å². The highest BCUT2D eigenvalue weighted by Gasteiger charge is 2.38. The molecule has 4 aromatic heterocycles. The van der Waals surface area contributed by atoms with Crippen molar-refractivity contribution in [3.05, 3.63) is 225 Å². The van der Waals surface area contributed by atoms with E-state index in [0.29, 0.717) is 102 Å². The van der Waals surface area contributed by atoms with E-state index in [0.717, 1.165) is 132 Å². The number of hydrogen-bond acceptors (Lipinski definition) is 20. The van der Waals surface area contributed by atoms with E-state index in [1.165, 1.54) is 11.1 Å². The van der Waals surface area contributed by atoms with E-state index in [1.807, 2.05) is 154 Å². The molecule has 612 valence electrons. The first-order valence-corrected chi connectivity index (χ1v) is 42.3. The molecule has 6 aromatic carbocycles. The fraction of sp³-hybridized carbons (Fsp3) is 0.318. The number of imide groups is 1. The van der Waals surface area contributed by atoms with Crippen molar-refractivity contribution in [2.75, 3.05) is 121 Å². The Hall–Kier alpha value is -10.8. The summed E-state index contributed by atoms with van der Waals surface area (Å²) < 4.78 is 22.1. The number of carbonyl (C=O) groups is 8. The Morgan fingerprint density at radius 1 is 0.466 bits per heavy atom. The molecule has 0 bridgehead atoms. The van der Waals surface area contributed by atoms with Gasteiger partial charge in [-0.3, -0.25) is 53.0 Å². The van der Waals surface area contributed by atoms with E-state index in [4.69, 9.17) is 34.6 Å². The normalized spacial score (nSPS) is 15.0. The van der Waals surface area contributed by atoms with Crippen LogP contribution in [0.2, 0.25) is 0 Å². The van der Waals surface area contributed by atoms with Gasteiger partial charge in [0.25, 0.3) is 22.9 Å². The van der Waals surface area contributed by atoms with Gasteiger partial charge in [0, 0.05) is 135 Å². The molecule has 3 saturated heterocycles. The highest BCUT2D eigenvalue weighted by molar-refractivity contribution is 14.1. The number of alkyl halides is 2. The number of hydrogen-bond donors (Lipinski definition) is 6. The van der Waals surface area contributed by atoms with Crippen LogP contribution in [-0.4, -0.2) is 195 Å². The first-order chi connectivity index (χ1) is 57.5. The van der Waals surface area contributed by atoms with E-state index in [1.54, 1.807) is 35.0 Å². The van der Waals surface area contributed by atoms with Crippen molar-refractivity contribution < 1.29 is 62.1 Å². The number of piperidine rings is 2. The molecule has 7 N–H and O–H groups in total. The van der Waals surface area contributed by atoms with Crippen LogP contribution < -0.4 is 42.6 Å². The smallest absolute Gasteiger partial charge is 0.342 e. The number of carbonyl (C=O) groups excluding carboxylic acids is 8. The minimum atomic E-state index is -0.584. The molecule has 0 spiro atoms. The molecule has 0 atom stereocenters. The maximum atomic E-state index is 13.3. The van der Waals surface area contributed by atoms with E-state index in [-0.39, 0.29) is 89.8 Å². The van der Waals surface area contributed by atoms with E-state index in [9.17, 15) is 47.9 Å². The van der Waals surface area contributed by atoms with Crippen molar-refractivity contribution in [3.8, 4) is 44.8 Å². The third-order valence-corrected chi connectivity index (χ3v) is 22.0. The number of aromatic amines is 2. The summed E-state index contributed by atoms with van der Waals surface area (Å²) in [5, 5.41) is 10.2. The molecular weight excluding hydrogens is 1730 g/mol. The summed E-state index contributed by atoms with van der Waals surface area (Å²) in [6.07, 6.45) is 7.67. The summed E-state index contributed by atoms with van der Waals surface area (Å²) in [6.45, 7) is 7.84. The first-order valence-electron chi connectivity index (χ1n) is 39.2. The van der Waals surface area contributed by atoms with Crippen LogP contribution in [0.4, 0.5) is 22.7 Å². The average molecular weight is 1820 g/mol. The Kier molecular flexibility index (Phi) is 29.9. The number of rotatable bonds is 30. The zero-order valence-corrected chi connectivity index (χ0v) is 69.3. The van der Waals surface area contributed by atoms with E-state index < -0.39 is 17.8 Å². The molecular formula is C88H91I2N13O15. The highest BCUT2D eigenvalue weighted by Crippen LogP contribution is 2.40. The lowest BCUT2D eigenvalue weighted by atomic mass is 9.97. The number of pyridine rings is 4. The van der Waals surface area contributed by atoms with E-state index in [2.05, 4.69) is 89.1 Å². The van der Waals surface area contributed by atoms with Crippen LogP contribution in [0.5, 0.6) is 0 Å². The highest BCUT2D eigenvalue weighted by atomic mass is 127. The number of nitrogens with zero attached hydrogens (tertiary/aromatic N) is 7. The van der Waals surface area contributed by atoms with Gasteiger partial charge in [0.05, 0.1) is 90.1 Å². The number of nitrogens with two attached hydrogens (primary N) is 1. The second-order valence-electron chi connectivity index (χ2n) is 28.8. The van der Waals surface area contributed by atoms with Crippen LogP contribution >= 0.6 is 45.2 Å². The zero-order valence-electron chi connectivity index (χ0n) is 64.9. The largest absolute Gasteiger partial charge is 0.378 e. The summed E-state index contributed by atoms with van der Waals surface area (Å²) in [4.78, 5) is 149. The molecule has 0 unspecified atom stereocenters. The predicted octanol–water partition coefficient (Wildman–Crippen LogP) is 10.1. The maximum Gasteiger partial charge on any atom is 0.342 e. The lowest BCUT2D eigenvalue weighted by Crippen LogP contribution is -2.46. The van der Waals surface area contributed by atoms with Crippen LogP contribution in [0, 0.1) is 0 Å². The van der Waals surface area contributed by atoms with Crippen LogP contribution in [0.15, 0.2) is 192 Å². The summed E-state index contributed by atoms with van der Waals surface area (Å²) >= 11 is 3.79. The molecule has 5 aliphatic heterocycles. The van der Waals surface area contributed by atoms with Gasteiger partial charge in [-0.05, 0) is 108 Å². The number of hydroxylamine groups is 2. The Bertz CT molecular complexity index is 5360. The van der Waals surface area contributed by atoms with Crippen molar-refractivity contribution >= 4 is 137 Å². The van der Waals surface area contributed by atoms with Gasteiger partial charge in [0.15, 0.2) is 0 Å². The van der Waals surface area contributed by atoms with Crippen LogP contribution in [0.25, 0.3) is 66.6 Å². The molecule has 15 rings (SSSR count). The number of halogens is 2. The summed E-state index contributed by atoms with van der Waals surface area (Å²) in [5.74, 6) is -1.86. The topological polar surface area (TPSA) is 353 Å². The summed E-state index contributed by atoms with van der Waals surface area (Å²) in [7, 11) is 0. The third kappa shape index (κ3) is 22.1. The van der Waals surface area contributed by atoms with Gasteiger partial charge in [-0.1, -0.05) is 167 Å². The number of benzene rings is 6. The Balaban J connectivity index is 0.000000179. The van der Waals surface area contributed by atoms with Gasteiger partial charge >= 0.3 is 5.97 Å². The van der Waals surface area contributed by atoms with Crippen LogP contribution in [0.3, 0.4) is 0 Å². The van der Waals surface area contributed by atoms with Crippen molar-refractivity contribution in [2.24, 2.45) is 5.73 Å². The molecule has 3 fully saturated rings. The van der Waals surface area contributed by atoms with Gasteiger partial charge in [-0.25, -0.2) is 14.8 Å². The second kappa shape index (κ2) is 41.5. The number of anilines is 4. The van der Waals surface area contributed by atoms with Gasteiger partial charge in [0.2, 0.25) is 29.5 Å². The SMILES string of the molecule is NCCOCCOCC(=O)Nc1ccc2c(c1)N(C1CCN(Cc3ccc(-c4nc5cc[nH]c(=O)c5cc4-c4ccccc4)cc3)CC1)C(=O)C2.O=C(CI)NCCOCCOCC(=O)Nc1ccc2c(c1)N(C1CCN(Cc3ccc(-c4nc5cc[nH]c(=O)c5cc4-c4ccccc4)cc3)CC1)C(=O)C2.O=C(CI)ON1C(=O)CCC1=O. The number of amides is 7. The van der Waals surface area contributed by atoms with Crippen LogP contribution in [0.1, 0.15) is 60.8 Å². The van der Waals surface area contributed by atoms with Gasteiger partial charge in [0.1, 0.15) is 17.6 Å². The van der Waals surface area contributed by atoms with Gasteiger partial charge in [-0.15, -0.1) is 5.06 Å². The molecule has 0 radical (unpaired) electrons. The molecule has 5 aliphatic rings. The average Bonchev–Trinajstić information content (AvgIpc) is 1.51. The number of ether oxygens (including phenoxy) is 4. The maximum absolute atomic E-state index is 13.3. The fourth-order valence-electron chi connectivity index (χ4n) is 15.0. The number of fused-ring (bicyclic) bond motifs is 4. The number of aromatic nitrogens is 4. The second-order valence-corrected chi connectivity index (χ2v) is 30.4. The number of likely N-dealkylation sites (tertiary alicyclic amines) is 2. The van der Waals surface area contributed by atoms with Crippen molar-refractivity contribution in [3.63, 3.8) is 0 Å². The fourth-order valence-corrected chi connectivity index (χ4v) is 15.4. The number of H-pyrrole nitrogens is 2. The quantitative estimate of drug-likeness (QED) is 0.0105. The lowest BCUT2D eigenvalue weighted by Gasteiger charge is -2.37. The molecule has 0 aliphatic carbocycles. The van der Waals surface area contributed by atoms with Crippen molar-refractivity contribution in [1.29, 1.82) is 0 Å². The minimum absolute atomic E-state index is 0.0343. The molecule has 9 heterocycles. The Morgan fingerprint density at radius 3 is 1.32 bits per heavy atom. The molecule has 30 heteroatoms. The summed E-state index contributed by atoms with van der Waals surface area (Å²) in [5.41, 5.74) is 21.2. The van der Waals surface area contributed by atoms with Gasteiger partial charge in [-0.2, -0.15) is 0 Å².